The fourth-order valence-corrected chi connectivity index (χ4v) is 2.24. The van der Waals surface area contributed by atoms with Crippen LogP contribution >= 0.6 is 0 Å². The van der Waals surface area contributed by atoms with Crippen molar-refractivity contribution in [1.82, 2.24) is 0 Å². The van der Waals surface area contributed by atoms with Gasteiger partial charge in [0.1, 0.15) is 18.1 Å². The van der Waals surface area contributed by atoms with Crippen molar-refractivity contribution in [3.05, 3.63) is 54.1 Å². The predicted molar refractivity (Wildman–Crippen MR) is 103 cm³/mol. The number of hydrogen-bond acceptors (Lipinski definition) is 4. The Hall–Kier alpha value is -2.53. The van der Waals surface area contributed by atoms with Crippen LogP contribution in [0.2, 0.25) is 0 Å². The predicted octanol–water partition coefficient (Wildman–Crippen LogP) is 4.39. The molecule has 0 aliphatic heterocycles. The van der Waals surface area contributed by atoms with Gasteiger partial charge in [-0.2, -0.15) is 0 Å². The zero-order valence-corrected chi connectivity index (χ0v) is 15.7. The first-order chi connectivity index (χ1) is 12.6. The summed E-state index contributed by atoms with van der Waals surface area (Å²) in [7, 11) is 0. The molecule has 140 valence electrons. The summed E-state index contributed by atoms with van der Waals surface area (Å²) >= 11 is 0. The van der Waals surface area contributed by atoms with Gasteiger partial charge in [-0.15, -0.1) is 0 Å². The van der Waals surface area contributed by atoms with Crippen molar-refractivity contribution < 1.29 is 19.0 Å². The molecule has 0 aliphatic carbocycles. The first-order valence-corrected chi connectivity index (χ1v) is 8.94. The van der Waals surface area contributed by atoms with Gasteiger partial charge in [0.2, 0.25) is 0 Å². The van der Waals surface area contributed by atoms with Crippen molar-refractivity contribution in [3.63, 3.8) is 0 Å². The van der Waals surface area contributed by atoms with Crippen molar-refractivity contribution in [2.24, 2.45) is 5.92 Å². The van der Waals surface area contributed by atoms with Crippen LogP contribution in [-0.4, -0.2) is 32.3 Å². The second kappa shape index (κ2) is 10.5. The first-order valence-electron chi connectivity index (χ1n) is 8.94. The summed E-state index contributed by atoms with van der Waals surface area (Å²) in [5, 5.41) is 2.90. The summed E-state index contributed by atoms with van der Waals surface area (Å²) in [5.74, 6) is 1.52. The Labute approximate surface area is 155 Å². The number of nitrogens with one attached hydrogen (secondary N) is 1. The van der Waals surface area contributed by atoms with Gasteiger partial charge in [-0.05, 0) is 43.2 Å². The second-order valence-corrected chi connectivity index (χ2v) is 6.23. The average molecular weight is 357 g/mol. The van der Waals surface area contributed by atoms with E-state index >= 15 is 0 Å². The quantitative estimate of drug-likeness (QED) is 0.641. The SMILES string of the molecule is CCOCCOc1ccccc1NC(=O)c1cccc(OCC(C)C)c1. The molecular weight excluding hydrogens is 330 g/mol. The lowest BCUT2D eigenvalue weighted by Crippen LogP contribution is -2.14. The van der Waals surface area contributed by atoms with Gasteiger partial charge in [-0.25, -0.2) is 0 Å². The van der Waals surface area contributed by atoms with Gasteiger partial charge in [0, 0.05) is 12.2 Å². The lowest BCUT2D eigenvalue weighted by atomic mass is 10.2. The normalized spacial score (nSPS) is 10.6. The molecule has 0 heterocycles. The summed E-state index contributed by atoms with van der Waals surface area (Å²) in [6, 6.07) is 14.5. The Morgan fingerprint density at radius 3 is 2.62 bits per heavy atom. The highest BCUT2D eigenvalue weighted by Gasteiger charge is 2.11. The van der Waals surface area contributed by atoms with Crippen LogP contribution in [0, 0.1) is 5.92 Å². The fourth-order valence-electron chi connectivity index (χ4n) is 2.24. The van der Waals surface area contributed by atoms with E-state index in [0.29, 0.717) is 55.1 Å². The van der Waals surface area contributed by atoms with E-state index in [1.807, 2.05) is 43.3 Å². The smallest absolute Gasteiger partial charge is 0.255 e. The molecule has 1 N–H and O–H groups in total. The fraction of sp³-hybridized carbons (Fsp3) is 0.381. The molecule has 0 aliphatic rings. The summed E-state index contributed by atoms with van der Waals surface area (Å²) < 4.78 is 16.7. The monoisotopic (exact) mass is 357 g/mol. The van der Waals surface area contributed by atoms with Gasteiger partial charge in [-0.3, -0.25) is 4.79 Å². The molecule has 2 aromatic carbocycles. The molecule has 0 saturated heterocycles. The molecule has 0 saturated carbocycles. The summed E-state index contributed by atoms with van der Waals surface area (Å²) in [5.41, 5.74) is 1.16. The van der Waals surface area contributed by atoms with Gasteiger partial charge < -0.3 is 19.5 Å². The highest BCUT2D eigenvalue weighted by Crippen LogP contribution is 2.25. The minimum atomic E-state index is -0.208. The van der Waals surface area contributed by atoms with Crippen LogP contribution in [0.15, 0.2) is 48.5 Å². The van der Waals surface area contributed by atoms with Crippen molar-refractivity contribution in [1.29, 1.82) is 0 Å². The maximum atomic E-state index is 12.6. The van der Waals surface area contributed by atoms with E-state index in [9.17, 15) is 4.79 Å². The Balaban J connectivity index is 2.02. The number of amides is 1. The first kappa shape index (κ1) is 19.8. The molecular formula is C21H27NO4. The van der Waals surface area contributed by atoms with E-state index in [-0.39, 0.29) is 5.91 Å². The third-order valence-electron chi connectivity index (χ3n) is 3.50. The summed E-state index contributed by atoms with van der Waals surface area (Å²) in [6.45, 7) is 8.30. The number of para-hydroxylation sites is 2. The molecule has 2 aromatic rings. The van der Waals surface area contributed by atoms with Crippen LogP contribution in [0.1, 0.15) is 31.1 Å². The number of anilines is 1. The average Bonchev–Trinajstić information content (AvgIpc) is 2.65. The molecule has 0 bridgehead atoms. The van der Waals surface area contributed by atoms with Crippen molar-refractivity contribution in [2.75, 3.05) is 31.7 Å². The molecule has 0 aromatic heterocycles. The highest BCUT2D eigenvalue weighted by molar-refractivity contribution is 6.05. The van der Waals surface area contributed by atoms with Gasteiger partial charge >= 0.3 is 0 Å². The van der Waals surface area contributed by atoms with Crippen LogP contribution in [0.25, 0.3) is 0 Å². The molecule has 0 atom stereocenters. The molecule has 0 unspecified atom stereocenters. The molecule has 5 heteroatoms. The van der Waals surface area contributed by atoms with Crippen LogP contribution in [0.5, 0.6) is 11.5 Å². The molecule has 5 nitrogen and oxygen atoms in total. The molecule has 0 radical (unpaired) electrons. The molecule has 2 rings (SSSR count). The number of carbonyl (C=O) groups is 1. The van der Waals surface area contributed by atoms with Crippen molar-refractivity contribution in [2.45, 2.75) is 20.8 Å². The minimum absolute atomic E-state index is 0.208. The Kier molecular flexibility index (Phi) is 7.96. The van der Waals surface area contributed by atoms with Crippen molar-refractivity contribution in [3.8, 4) is 11.5 Å². The largest absolute Gasteiger partial charge is 0.493 e. The molecule has 0 spiro atoms. The van der Waals surface area contributed by atoms with Crippen LogP contribution in [0.3, 0.4) is 0 Å². The van der Waals surface area contributed by atoms with E-state index in [1.54, 1.807) is 12.1 Å². The maximum absolute atomic E-state index is 12.6. The Morgan fingerprint density at radius 2 is 1.85 bits per heavy atom. The number of carbonyl (C=O) groups excluding carboxylic acids is 1. The topological polar surface area (TPSA) is 56.8 Å². The Morgan fingerprint density at radius 1 is 1.04 bits per heavy atom. The van der Waals surface area contributed by atoms with Gasteiger partial charge in [-0.1, -0.05) is 32.0 Å². The zero-order chi connectivity index (χ0) is 18.8. The lowest BCUT2D eigenvalue weighted by molar-refractivity contribution is 0.102. The van der Waals surface area contributed by atoms with Crippen LogP contribution in [0.4, 0.5) is 5.69 Å². The molecule has 26 heavy (non-hydrogen) atoms. The van der Waals surface area contributed by atoms with E-state index in [4.69, 9.17) is 14.2 Å². The van der Waals surface area contributed by atoms with Gasteiger partial charge in [0.25, 0.3) is 5.91 Å². The number of rotatable bonds is 10. The summed E-state index contributed by atoms with van der Waals surface area (Å²) in [6.07, 6.45) is 0. The Bertz CT molecular complexity index is 700. The third kappa shape index (κ3) is 6.41. The van der Waals surface area contributed by atoms with E-state index in [2.05, 4.69) is 19.2 Å². The maximum Gasteiger partial charge on any atom is 0.255 e. The molecule has 0 fully saturated rings. The summed E-state index contributed by atoms with van der Waals surface area (Å²) in [4.78, 5) is 12.6. The van der Waals surface area contributed by atoms with E-state index in [0.717, 1.165) is 0 Å². The number of hydrogen-bond donors (Lipinski definition) is 1. The number of benzene rings is 2. The van der Waals surface area contributed by atoms with Crippen LogP contribution < -0.4 is 14.8 Å². The van der Waals surface area contributed by atoms with E-state index in [1.165, 1.54) is 0 Å². The number of ether oxygens (including phenoxy) is 3. The van der Waals surface area contributed by atoms with E-state index < -0.39 is 0 Å². The van der Waals surface area contributed by atoms with Crippen molar-refractivity contribution >= 4 is 11.6 Å². The van der Waals surface area contributed by atoms with Gasteiger partial charge in [0.05, 0.1) is 18.9 Å². The lowest BCUT2D eigenvalue weighted by Gasteiger charge is -2.13. The molecule has 1 amide bonds. The van der Waals surface area contributed by atoms with Crippen LogP contribution in [-0.2, 0) is 4.74 Å². The van der Waals surface area contributed by atoms with Gasteiger partial charge in [0.15, 0.2) is 0 Å². The highest BCUT2D eigenvalue weighted by atomic mass is 16.5. The second-order valence-electron chi connectivity index (χ2n) is 6.23. The minimum Gasteiger partial charge on any atom is -0.493 e. The standard InChI is InChI=1S/C21H27NO4/c1-4-24-12-13-25-20-11-6-5-10-19(20)22-21(23)17-8-7-9-18(14-17)26-15-16(2)3/h5-11,14,16H,4,12-13,15H2,1-3H3,(H,22,23). The zero-order valence-electron chi connectivity index (χ0n) is 15.7. The third-order valence-corrected chi connectivity index (χ3v) is 3.50.